The number of rotatable bonds is 8. The molecule has 2 aromatic heterocycles. The Morgan fingerprint density at radius 1 is 1.20 bits per heavy atom. The lowest BCUT2D eigenvalue weighted by Crippen LogP contribution is -2.44. The number of nitrogens with one attached hydrogen (secondary N) is 1. The topological polar surface area (TPSA) is 80.2 Å². The summed E-state index contributed by atoms with van der Waals surface area (Å²) < 4.78 is 60.1. The monoisotopic (exact) mass is 529 g/mol. The number of carbonyl (C=O) groups is 1. The van der Waals surface area contributed by atoms with E-state index in [9.17, 15) is 22.4 Å². The van der Waals surface area contributed by atoms with Crippen LogP contribution < -0.4 is 10.1 Å². The van der Waals surface area contributed by atoms with Crippen molar-refractivity contribution in [2.45, 2.75) is 31.4 Å². The summed E-state index contributed by atoms with van der Waals surface area (Å²) in [5.74, 6) is -2.04. The van der Waals surface area contributed by atoms with Gasteiger partial charge in [0.2, 0.25) is 11.8 Å². The molecule has 1 saturated heterocycles. The molecule has 186 valence electrons. The van der Waals surface area contributed by atoms with Crippen LogP contribution in [0.3, 0.4) is 0 Å². The lowest BCUT2D eigenvalue weighted by atomic mass is 10.0. The number of hydrogen-bond donors (Lipinski definition) is 1. The third-order valence-electron chi connectivity index (χ3n) is 5.59. The lowest BCUT2D eigenvalue weighted by molar-refractivity contribution is 0.0675. The summed E-state index contributed by atoms with van der Waals surface area (Å²) in [6.45, 7) is 0.863. The fourth-order valence-electron chi connectivity index (χ4n) is 3.90. The van der Waals surface area contributed by atoms with Gasteiger partial charge in [0.25, 0.3) is 12.3 Å². The van der Waals surface area contributed by atoms with E-state index in [2.05, 4.69) is 20.5 Å². The van der Waals surface area contributed by atoms with Crippen molar-refractivity contribution >= 4 is 28.8 Å². The van der Waals surface area contributed by atoms with Crippen molar-refractivity contribution in [3.8, 4) is 5.88 Å². The van der Waals surface area contributed by atoms with Crippen LogP contribution in [0.25, 0.3) is 0 Å². The van der Waals surface area contributed by atoms with Crippen LogP contribution in [0.4, 0.5) is 17.6 Å². The molecule has 1 fully saturated rings. The molecule has 0 spiro atoms. The number of nitrogens with zero attached hydrogens (tertiary/aromatic N) is 4. The fraction of sp³-hybridized carbons (Fsp3) is 0.364. The van der Waals surface area contributed by atoms with E-state index in [-0.39, 0.29) is 34.8 Å². The SMILES string of the molecule is O=C(NCC(c1scnc1C(F)F)N1CCC(Oc2ccc(F)nn2)CC1)c1c(F)cccc1Cl. The average Bonchev–Trinajstić information content (AvgIpc) is 3.32. The minimum Gasteiger partial charge on any atom is -0.473 e. The first-order chi connectivity index (χ1) is 16.8. The number of hydrogen-bond acceptors (Lipinski definition) is 7. The largest absolute Gasteiger partial charge is 0.473 e. The maximum absolute atomic E-state index is 14.2. The number of halogens is 5. The van der Waals surface area contributed by atoms with E-state index in [4.69, 9.17) is 16.3 Å². The van der Waals surface area contributed by atoms with Gasteiger partial charge >= 0.3 is 0 Å². The number of benzene rings is 1. The Bertz CT molecular complexity index is 1140. The van der Waals surface area contributed by atoms with Gasteiger partial charge in [-0.1, -0.05) is 17.7 Å². The molecule has 4 rings (SSSR count). The Balaban J connectivity index is 1.47. The fourth-order valence-corrected chi connectivity index (χ4v) is 5.08. The van der Waals surface area contributed by atoms with Gasteiger partial charge in [-0.2, -0.15) is 4.39 Å². The molecule has 0 bridgehead atoms. The highest BCUT2D eigenvalue weighted by atomic mass is 35.5. The number of thiazole rings is 1. The second-order valence-electron chi connectivity index (χ2n) is 7.77. The van der Waals surface area contributed by atoms with Crippen molar-refractivity contribution in [1.29, 1.82) is 0 Å². The summed E-state index contributed by atoms with van der Waals surface area (Å²) in [4.78, 5) is 18.7. The Hall–Kier alpha value is -2.83. The molecule has 7 nitrogen and oxygen atoms in total. The third kappa shape index (κ3) is 6.06. The van der Waals surface area contributed by atoms with Crippen molar-refractivity contribution in [3.05, 3.63) is 68.8 Å². The first-order valence-electron chi connectivity index (χ1n) is 10.7. The molecule has 0 aliphatic carbocycles. The van der Waals surface area contributed by atoms with Crippen molar-refractivity contribution in [2.24, 2.45) is 0 Å². The first kappa shape index (κ1) is 25.3. The molecule has 1 unspecified atom stereocenters. The molecule has 3 aromatic rings. The summed E-state index contributed by atoms with van der Waals surface area (Å²) in [7, 11) is 0. The van der Waals surface area contributed by atoms with Crippen molar-refractivity contribution in [2.75, 3.05) is 19.6 Å². The predicted octanol–water partition coefficient (Wildman–Crippen LogP) is 4.82. The van der Waals surface area contributed by atoms with E-state index in [1.807, 2.05) is 4.90 Å². The number of ether oxygens (including phenoxy) is 1. The van der Waals surface area contributed by atoms with Gasteiger partial charge in [-0.05, 0) is 25.0 Å². The molecule has 3 heterocycles. The maximum Gasteiger partial charge on any atom is 0.281 e. The molecule has 1 atom stereocenters. The molecule has 0 radical (unpaired) electrons. The third-order valence-corrected chi connectivity index (χ3v) is 6.85. The number of piperidine rings is 1. The molecule has 1 amide bonds. The summed E-state index contributed by atoms with van der Waals surface area (Å²) in [5.41, 5.74) is 0.680. The van der Waals surface area contributed by atoms with Crippen LogP contribution >= 0.6 is 22.9 Å². The predicted molar refractivity (Wildman–Crippen MR) is 121 cm³/mol. The molecule has 1 N–H and O–H groups in total. The van der Waals surface area contributed by atoms with E-state index < -0.39 is 30.1 Å². The van der Waals surface area contributed by atoms with Gasteiger partial charge in [-0.25, -0.2) is 18.2 Å². The van der Waals surface area contributed by atoms with E-state index in [1.54, 1.807) is 0 Å². The maximum atomic E-state index is 14.2. The highest BCUT2D eigenvalue weighted by Crippen LogP contribution is 2.34. The van der Waals surface area contributed by atoms with E-state index in [0.29, 0.717) is 30.8 Å². The van der Waals surface area contributed by atoms with Crippen LogP contribution in [0.15, 0.2) is 35.8 Å². The van der Waals surface area contributed by atoms with E-state index in [1.165, 1.54) is 23.7 Å². The van der Waals surface area contributed by atoms with Gasteiger partial charge in [-0.3, -0.25) is 9.69 Å². The van der Waals surface area contributed by atoms with E-state index >= 15 is 0 Å². The molecule has 13 heteroatoms. The minimum atomic E-state index is -2.78. The number of likely N-dealkylation sites (tertiary alicyclic amines) is 1. The van der Waals surface area contributed by atoms with E-state index in [0.717, 1.165) is 23.5 Å². The van der Waals surface area contributed by atoms with Gasteiger partial charge in [-0.15, -0.1) is 21.5 Å². The first-order valence-corrected chi connectivity index (χ1v) is 11.9. The number of aromatic nitrogens is 3. The normalized spacial score (nSPS) is 15.8. The smallest absolute Gasteiger partial charge is 0.281 e. The molecule has 35 heavy (non-hydrogen) atoms. The van der Waals surface area contributed by atoms with Crippen LogP contribution in [0, 0.1) is 11.8 Å². The number of carbonyl (C=O) groups excluding carboxylic acids is 1. The Labute approximate surface area is 207 Å². The Kier molecular flexibility index (Phi) is 8.14. The van der Waals surface area contributed by atoms with Gasteiger partial charge in [0.15, 0.2) is 0 Å². The summed E-state index contributed by atoms with van der Waals surface area (Å²) in [6, 6.07) is 5.80. The van der Waals surface area contributed by atoms with Crippen LogP contribution in [0.1, 0.15) is 46.2 Å². The molecular weight excluding hydrogens is 510 g/mol. The minimum absolute atomic E-state index is 0.0491. The zero-order valence-corrected chi connectivity index (χ0v) is 19.7. The standard InChI is InChI=1S/C22H20ClF4N5O2S/c23-13-2-1-3-14(24)18(13)22(33)28-10-15(20-19(21(26)27)29-11-35-20)32-8-6-12(7-9-32)34-17-5-4-16(25)30-31-17/h1-5,11-12,15,21H,6-10H2,(H,28,33). The number of amides is 1. The average molecular weight is 530 g/mol. The second-order valence-corrected chi connectivity index (χ2v) is 9.07. The van der Waals surface area contributed by atoms with Crippen LogP contribution in [0.2, 0.25) is 5.02 Å². The molecule has 0 saturated carbocycles. The van der Waals surface area contributed by atoms with Gasteiger partial charge < -0.3 is 10.1 Å². The van der Waals surface area contributed by atoms with Crippen molar-refractivity contribution in [1.82, 2.24) is 25.4 Å². The molecule has 1 aromatic carbocycles. The summed E-state index contributed by atoms with van der Waals surface area (Å²) in [6.07, 6.45) is -1.94. The molecule has 1 aliphatic rings. The second kappa shape index (κ2) is 11.3. The highest BCUT2D eigenvalue weighted by Gasteiger charge is 2.32. The van der Waals surface area contributed by atoms with Crippen molar-refractivity contribution in [3.63, 3.8) is 0 Å². The lowest BCUT2D eigenvalue weighted by Gasteiger charge is -2.37. The zero-order chi connectivity index (χ0) is 24.9. The Morgan fingerprint density at radius 3 is 2.63 bits per heavy atom. The van der Waals surface area contributed by atoms with Gasteiger partial charge in [0.1, 0.15) is 17.6 Å². The van der Waals surface area contributed by atoms with Gasteiger partial charge in [0, 0.05) is 31.8 Å². The van der Waals surface area contributed by atoms with Crippen LogP contribution in [0.5, 0.6) is 5.88 Å². The molecular formula is C22H20ClF4N5O2S. The Morgan fingerprint density at radius 2 is 1.97 bits per heavy atom. The summed E-state index contributed by atoms with van der Waals surface area (Å²) in [5, 5.41) is 9.55. The van der Waals surface area contributed by atoms with Crippen LogP contribution in [-0.2, 0) is 0 Å². The highest BCUT2D eigenvalue weighted by molar-refractivity contribution is 7.09. The summed E-state index contributed by atoms with van der Waals surface area (Å²) >= 11 is 7.05. The zero-order valence-electron chi connectivity index (χ0n) is 18.1. The molecule has 1 aliphatic heterocycles. The quantitative estimate of drug-likeness (QED) is 0.422. The van der Waals surface area contributed by atoms with Crippen molar-refractivity contribution < 1.29 is 27.1 Å². The van der Waals surface area contributed by atoms with Gasteiger partial charge in [0.05, 0.1) is 27.0 Å². The number of alkyl halides is 2. The van der Waals surface area contributed by atoms with Crippen LogP contribution in [-0.4, -0.2) is 51.7 Å².